The second-order valence-electron chi connectivity index (χ2n) is 5.28. The second-order valence-corrected chi connectivity index (χ2v) is 6.52. The van der Waals surface area contributed by atoms with E-state index in [-0.39, 0.29) is 24.1 Å². The summed E-state index contributed by atoms with van der Waals surface area (Å²) in [4.78, 5) is 38.5. The standard InChI is InChI=1S/C15H17N3O3S/c19-13-5-7-18(8-6-16-13)14(20)9-12-15(21)17-10-3-1-2-4-11(10)22-12/h1-4,12H,5-9H2,(H,16,19)(H,17,21)/t12-/m1/s1. The van der Waals surface area contributed by atoms with Crippen molar-refractivity contribution < 1.29 is 14.4 Å². The van der Waals surface area contributed by atoms with Crippen LogP contribution in [-0.4, -0.2) is 47.5 Å². The Labute approximate surface area is 132 Å². The fourth-order valence-corrected chi connectivity index (χ4v) is 3.63. The lowest BCUT2D eigenvalue weighted by atomic mass is 10.2. The Morgan fingerprint density at radius 2 is 2.09 bits per heavy atom. The third-order valence-corrected chi connectivity index (χ3v) is 5.01. The number of carbonyl (C=O) groups excluding carboxylic acids is 3. The number of hydrogen-bond acceptors (Lipinski definition) is 4. The van der Waals surface area contributed by atoms with Crippen LogP contribution in [0.4, 0.5) is 5.69 Å². The zero-order chi connectivity index (χ0) is 15.5. The Morgan fingerprint density at radius 3 is 2.95 bits per heavy atom. The van der Waals surface area contributed by atoms with Gasteiger partial charge in [-0.3, -0.25) is 14.4 Å². The number of para-hydroxylation sites is 1. The first-order chi connectivity index (χ1) is 10.6. The van der Waals surface area contributed by atoms with Crippen LogP contribution in [0.5, 0.6) is 0 Å². The summed E-state index contributed by atoms with van der Waals surface area (Å²) < 4.78 is 0. The molecule has 6 nitrogen and oxygen atoms in total. The maximum atomic E-state index is 12.4. The molecule has 2 heterocycles. The van der Waals surface area contributed by atoms with Gasteiger partial charge >= 0.3 is 0 Å². The molecule has 116 valence electrons. The molecule has 1 fully saturated rings. The number of rotatable bonds is 2. The number of thioether (sulfide) groups is 1. The van der Waals surface area contributed by atoms with Crippen LogP contribution >= 0.6 is 11.8 Å². The van der Waals surface area contributed by atoms with Gasteiger partial charge in [0.2, 0.25) is 17.7 Å². The van der Waals surface area contributed by atoms with Crippen molar-refractivity contribution in [3.05, 3.63) is 24.3 Å². The van der Waals surface area contributed by atoms with Crippen LogP contribution < -0.4 is 10.6 Å². The fraction of sp³-hybridized carbons (Fsp3) is 0.400. The van der Waals surface area contributed by atoms with Crippen LogP contribution in [0.1, 0.15) is 12.8 Å². The Kier molecular flexibility index (Phi) is 4.33. The Balaban J connectivity index is 1.64. The van der Waals surface area contributed by atoms with Gasteiger partial charge in [0.1, 0.15) is 0 Å². The molecular formula is C15H17N3O3S. The number of hydrogen-bond donors (Lipinski definition) is 2. The molecule has 3 amide bonds. The fourth-order valence-electron chi connectivity index (χ4n) is 2.53. The minimum atomic E-state index is -0.422. The van der Waals surface area contributed by atoms with Crippen molar-refractivity contribution in [2.75, 3.05) is 25.0 Å². The van der Waals surface area contributed by atoms with E-state index in [2.05, 4.69) is 10.6 Å². The van der Waals surface area contributed by atoms with E-state index in [9.17, 15) is 14.4 Å². The Morgan fingerprint density at radius 1 is 1.27 bits per heavy atom. The highest BCUT2D eigenvalue weighted by Crippen LogP contribution is 2.36. The van der Waals surface area contributed by atoms with Gasteiger partial charge < -0.3 is 15.5 Å². The van der Waals surface area contributed by atoms with E-state index in [4.69, 9.17) is 0 Å². The molecule has 0 saturated carbocycles. The average molecular weight is 319 g/mol. The summed E-state index contributed by atoms with van der Waals surface area (Å²) in [6.45, 7) is 1.39. The molecule has 2 aliphatic rings. The number of anilines is 1. The average Bonchev–Trinajstić information content (AvgIpc) is 2.73. The molecule has 0 spiro atoms. The van der Waals surface area contributed by atoms with Crippen LogP contribution in [0.15, 0.2) is 29.2 Å². The number of fused-ring (bicyclic) bond motifs is 1. The van der Waals surface area contributed by atoms with Crippen LogP contribution in [-0.2, 0) is 14.4 Å². The van der Waals surface area contributed by atoms with Crippen molar-refractivity contribution in [2.45, 2.75) is 23.0 Å². The van der Waals surface area contributed by atoms with Gasteiger partial charge in [0, 0.05) is 37.4 Å². The molecular weight excluding hydrogens is 302 g/mol. The number of nitrogens with zero attached hydrogens (tertiary/aromatic N) is 1. The molecule has 1 saturated heterocycles. The molecule has 7 heteroatoms. The van der Waals surface area contributed by atoms with E-state index < -0.39 is 5.25 Å². The Hall–Kier alpha value is -2.02. The van der Waals surface area contributed by atoms with E-state index in [1.807, 2.05) is 24.3 Å². The highest BCUT2D eigenvalue weighted by Gasteiger charge is 2.30. The quantitative estimate of drug-likeness (QED) is 0.847. The van der Waals surface area contributed by atoms with Crippen molar-refractivity contribution in [1.29, 1.82) is 0 Å². The molecule has 0 aromatic heterocycles. The van der Waals surface area contributed by atoms with Gasteiger partial charge in [-0.25, -0.2) is 0 Å². The van der Waals surface area contributed by atoms with Gasteiger partial charge in [-0.1, -0.05) is 12.1 Å². The monoisotopic (exact) mass is 319 g/mol. The SMILES string of the molecule is O=C1CCN(C(=O)C[C@H]2Sc3ccccc3NC2=O)CCN1. The lowest BCUT2D eigenvalue weighted by Crippen LogP contribution is -2.39. The first-order valence-electron chi connectivity index (χ1n) is 7.24. The van der Waals surface area contributed by atoms with Crippen molar-refractivity contribution in [2.24, 2.45) is 0 Å². The molecule has 0 unspecified atom stereocenters. The van der Waals surface area contributed by atoms with Gasteiger partial charge in [0.25, 0.3) is 0 Å². The first kappa shape index (κ1) is 14.9. The first-order valence-corrected chi connectivity index (χ1v) is 8.12. The minimum absolute atomic E-state index is 0.0333. The van der Waals surface area contributed by atoms with Crippen LogP contribution in [0.25, 0.3) is 0 Å². The van der Waals surface area contributed by atoms with Crippen LogP contribution in [0.2, 0.25) is 0 Å². The van der Waals surface area contributed by atoms with Gasteiger partial charge in [-0.15, -0.1) is 11.8 Å². The van der Waals surface area contributed by atoms with E-state index >= 15 is 0 Å². The van der Waals surface area contributed by atoms with Crippen molar-refractivity contribution in [3.63, 3.8) is 0 Å². The number of nitrogens with one attached hydrogen (secondary N) is 2. The van der Waals surface area contributed by atoms with Gasteiger partial charge in [-0.2, -0.15) is 0 Å². The summed E-state index contributed by atoms with van der Waals surface area (Å²) in [5.74, 6) is -0.251. The smallest absolute Gasteiger partial charge is 0.238 e. The number of carbonyl (C=O) groups is 3. The van der Waals surface area contributed by atoms with E-state index in [1.54, 1.807) is 4.90 Å². The van der Waals surface area contributed by atoms with Crippen LogP contribution in [0, 0.1) is 0 Å². The van der Waals surface area contributed by atoms with Crippen molar-refractivity contribution in [3.8, 4) is 0 Å². The molecule has 2 aliphatic heterocycles. The normalized spacial score (nSPS) is 21.5. The van der Waals surface area contributed by atoms with Crippen molar-refractivity contribution >= 4 is 35.2 Å². The summed E-state index contributed by atoms with van der Waals surface area (Å²) in [5.41, 5.74) is 0.797. The maximum absolute atomic E-state index is 12.4. The van der Waals surface area contributed by atoms with Crippen molar-refractivity contribution in [1.82, 2.24) is 10.2 Å². The minimum Gasteiger partial charge on any atom is -0.354 e. The number of benzene rings is 1. The summed E-state index contributed by atoms with van der Waals surface area (Å²) >= 11 is 1.42. The predicted molar refractivity (Wildman–Crippen MR) is 83.5 cm³/mol. The van der Waals surface area contributed by atoms with E-state index in [0.717, 1.165) is 10.6 Å². The summed E-state index contributed by atoms with van der Waals surface area (Å²) in [6.07, 6.45) is 0.470. The molecule has 0 aliphatic carbocycles. The zero-order valence-corrected chi connectivity index (χ0v) is 12.8. The highest BCUT2D eigenvalue weighted by molar-refractivity contribution is 8.01. The molecule has 2 N–H and O–H groups in total. The molecule has 0 radical (unpaired) electrons. The van der Waals surface area contributed by atoms with Gasteiger partial charge in [-0.05, 0) is 12.1 Å². The summed E-state index contributed by atoms with van der Waals surface area (Å²) in [7, 11) is 0. The van der Waals surface area contributed by atoms with Gasteiger partial charge in [0.05, 0.1) is 10.9 Å². The zero-order valence-electron chi connectivity index (χ0n) is 12.0. The third kappa shape index (κ3) is 3.24. The third-order valence-electron chi connectivity index (χ3n) is 3.73. The van der Waals surface area contributed by atoms with E-state index in [1.165, 1.54) is 11.8 Å². The lowest BCUT2D eigenvalue weighted by molar-refractivity contribution is -0.132. The molecule has 0 bridgehead atoms. The maximum Gasteiger partial charge on any atom is 0.238 e. The second kappa shape index (κ2) is 6.39. The molecule has 3 rings (SSSR count). The highest BCUT2D eigenvalue weighted by atomic mass is 32.2. The summed E-state index contributed by atoms with van der Waals surface area (Å²) in [6, 6.07) is 7.57. The molecule has 1 aromatic rings. The predicted octanol–water partition coefficient (Wildman–Crippen LogP) is 0.838. The lowest BCUT2D eigenvalue weighted by Gasteiger charge is -2.26. The van der Waals surface area contributed by atoms with Gasteiger partial charge in [0.15, 0.2) is 0 Å². The van der Waals surface area contributed by atoms with Crippen LogP contribution in [0.3, 0.4) is 0 Å². The largest absolute Gasteiger partial charge is 0.354 e. The molecule has 1 atom stereocenters. The molecule has 1 aromatic carbocycles. The molecule has 22 heavy (non-hydrogen) atoms. The van der Waals surface area contributed by atoms with E-state index in [0.29, 0.717) is 26.1 Å². The summed E-state index contributed by atoms with van der Waals surface area (Å²) in [5, 5.41) is 5.16. The Bertz CT molecular complexity index is 620. The topological polar surface area (TPSA) is 78.5 Å². The number of amides is 3.